The molecule has 1 saturated heterocycles. The zero-order chi connectivity index (χ0) is 18.5. The van der Waals surface area contributed by atoms with Crippen LogP contribution < -0.4 is 9.47 Å². The molecule has 0 aromatic heterocycles. The van der Waals surface area contributed by atoms with Gasteiger partial charge in [0.1, 0.15) is 11.5 Å². The Bertz CT molecular complexity index is 768. The Morgan fingerprint density at radius 2 is 1.73 bits per heavy atom. The number of aryl methyl sites for hydroxylation is 1. The van der Waals surface area contributed by atoms with E-state index >= 15 is 0 Å². The second kappa shape index (κ2) is 8.23. The van der Waals surface area contributed by atoms with Crippen LogP contribution in [0.2, 0.25) is 0 Å². The van der Waals surface area contributed by atoms with E-state index in [0.29, 0.717) is 0 Å². The largest absolute Gasteiger partial charge is 0.497 e. The molecule has 5 nitrogen and oxygen atoms in total. The average Bonchev–Trinajstić information content (AvgIpc) is 2.68. The van der Waals surface area contributed by atoms with Gasteiger partial charge in [-0.2, -0.15) is 0 Å². The highest BCUT2D eigenvalue weighted by Crippen LogP contribution is 2.25. The van der Waals surface area contributed by atoms with Crippen LogP contribution in [0.5, 0.6) is 11.5 Å². The molecule has 3 rings (SSSR count). The van der Waals surface area contributed by atoms with Gasteiger partial charge in [0.15, 0.2) is 0 Å². The maximum absolute atomic E-state index is 12.7. The number of benzene rings is 2. The second-order valence-electron chi connectivity index (χ2n) is 6.56. The summed E-state index contributed by atoms with van der Waals surface area (Å²) in [6.07, 6.45) is 0. The van der Waals surface area contributed by atoms with Crippen LogP contribution in [0.1, 0.15) is 21.5 Å². The maximum Gasteiger partial charge on any atom is 0.254 e. The zero-order valence-electron chi connectivity index (χ0n) is 15.7. The van der Waals surface area contributed by atoms with Crippen LogP contribution in [0.3, 0.4) is 0 Å². The molecule has 0 bridgehead atoms. The highest BCUT2D eigenvalue weighted by Gasteiger charge is 2.23. The molecule has 1 heterocycles. The molecular formula is C21H26N2O3. The summed E-state index contributed by atoms with van der Waals surface area (Å²) in [5, 5.41) is 0. The number of hydrogen-bond acceptors (Lipinski definition) is 4. The lowest BCUT2D eigenvalue weighted by Gasteiger charge is -2.35. The lowest BCUT2D eigenvalue weighted by molar-refractivity contribution is 0.0626. The molecule has 0 atom stereocenters. The summed E-state index contributed by atoms with van der Waals surface area (Å²) in [5.41, 5.74) is 2.93. The molecule has 0 unspecified atom stereocenters. The van der Waals surface area contributed by atoms with Crippen molar-refractivity contribution in [3.63, 3.8) is 0 Å². The van der Waals surface area contributed by atoms with Gasteiger partial charge in [-0.3, -0.25) is 9.69 Å². The van der Waals surface area contributed by atoms with Crippen LogP contribution in [-0.4, -0.2) is 56.1 Å². The summed E-state index contributed by atoms with van der Waals surface area (Å²) in [6, 6.07) is 13.6. The molecule has 1 fully saturated rings. The van der Waals surface area contributed by atoms with Crippen LogP contribution >= 0.6 is 0 Å². The van der Waals surface area contributed by atoms with Gasteiger partial charge < -0.3 is 14.4 Å². The quantitative estimate of drug-likeness (QED) is 0.828. The monoisotopic (exact) mass is 354 g/mol. The van der Waals surface area contributed by atoms with E-state index in [1.807, 2.05) is 54.3 Å². The third-order valence-corrected chi connectivity index (χ3v) is 4.92. The highest BCUT2D eigenvalue weighted by molar-refractivity contribution is 5.95. The van der Waals surface area contributed by atoms with Gasteiger partial charge in [0.25, 0.3) is 5.91 Å². The number of amides is 1. The normalized spacial score (nSPS) is 15.0. The van der Waals surface area contributed by atoms with Crippen molar-refractivity contribution in [2.75, 3.05) is 40.4 Å². The Morgan fingerprint density at radius 3 is 2.38 bits per heavy atom. The van der Waals surface area contributed by atoms with Crippen molar-refractivity contribution >= 4 is 5.91 Å². The Balaban J connectivity index is 1.62. The number of nitrogens with zero attached hydrogens (tertiary/aromatic N) is 2. The molecule has 138 valence electrons. The molecule has 2 aromatic rings. The molecule has 1 amide bonds. The van der Waals surface area contributed by atoms with Crippen molar-refractivity contribution in [3.8, 4) is 11.5 Å². The van der Waals surface area contributed by atoms with Crippen LogP contribution in [0.15, 0.2) is 42.5 Å². The average molecular weight is 354 g/mol. The van der Waals surface area contributed by atoms with Crippen LogP contribution in [-0.2, 0) is 6.54 Å². The van der Waals surface area contributed by atoms with Gasteiger partial charge in [-0.1, -0.05) is 18.2 Å². The predicted octanol–water partition coefficient (Wildman–Crippen LogP) is 2.97. The first-order valence-electron chi connectivity index (χ1n) is 8.90. The molecule has 0 spiro atoms. The van der Waals surface area contributed by atoms with Gasteiger partial charge in [0.05, 0.1) is 14.2 Å². The van der Waals surface area contributed by atoms with Crippen molar-refractivity contribution in [2.45, 2.75) is 13.5 Å². The SMILES string of the molecule is COc1ccc(OC)c(CN2CCN(C(=O)c3ccccc3C)CC2)c1. The van der Waals surface area contributed by atoms with Crippen LogP contribution in [0.25, 0.3) is 0 Å². The Labute approximate surface area is 155 Å². The van der Waals surface area contributed by atoms with Gasteiger partial charge >= 0.3 is 0 Å². The molecule has 26 heavy (non-hydrogen) atoms. The molecule has 0 radical (unpaired) electrons. The minimum absolute atomic E-state index is 0.127. The summed E-state index contributed by atoms with van der Waals surface area (Å²) >= 11 is 0. The van der Waals surface area contributed by atoms with Gasteiger partial charge in [0.2, 0.25) is 0 Å². The first-order valence-corrected chi connectivity index (χ1v) is 8.90. The summed E-state index contributed by atoms with van der Waals surface area (Å²) in [5.74, 6) is 1.82. The van der Waals surface area contributed by atoms with Gasteiger partial charge in [-0.25, -0.2) is 0 Å². The third kappa shape index (κ3) is 3.99. The van der Waals surface area contributed by atoms with Crippen molar-refractivity contribution in [2.24, 2.45) is 0 Å². The number of carbonyl (C=O) groups excluding carboxylic acids is 1. The zero-order valence-corrected chi connectivity index (χ0v) is 15.7. The number of carbonyl (C=O) groups is 1. The molecule has 0 N–H and O–H groups in total. The fourth-order valence-electron chi connectivity index (χ4n) is 3.34. The van der Waals surface area contributed by atoms with Crippen molar-refractivity contribution in [3.05, 3.63) is 59.2 Å². The van der Waals surface area contributed by atoms with E-state index in [2.05, 4.69) is 4.90 Å². The molecule has 5 heteroatoms. The fraction of sp³-hybridized carbons (Fsp3) is 0.381. The minimum Gasteiger partial charge on any atom is -0.497 e. The number of methoxy groups -OCH3 is 2. The van der Waals surface area contributed by atoms with E-state index in [4.69, 9.17) is 9.47 Å². The number of ether oxygens (including phenoxy) is 2. The highest BCUT2D eigenvalue weighted by atomic mass is 16.5. The van der Waals surface area contributed by atoms with Crippen molar-refractivity contribution in [1.82, 2.24) is 9.80 Å². The molecular weight excluding hydrogens is 328 g/mol. The van der Waals surface area contributed by atoms with E-state index in [9.17, 15) is 4.79 Å². The first-order chi connectivity index (χ1) is 12.6. The van der Waals surface area contributed by atoms with Gasteiger partial charge in [-0.15, -0.1) is 0 Å². The van der Waals surface area contributed by atoms with E-state index in [1.165, 1.54) is 0 Å². The number of rotatable bonds is 5. The molecule has 1 aliphatic heterocycles. The van der Waals surface area contributed by atoms with Gasteiger partial charge in [0, 0.05) is 43.9 Å². The van der Waals surface area contributed by atoms with Crippen LogP contribution in [0, 0.1) is 6.92 Å². The standard InChI is InChI=1S/C21H26N2O3/c1-16-6-4-5-7-19(16)21(24)23-12-10-22(11-13-23)15-17-14-18(25-2)8-9-20(17)26-3/h4-9,14H,10-13,15H2,1-3H3. The maximum atomic E-state index is 12.7. The molecule has 0 saturated carbocycles. The van der Waals surface area contributed by atoms with E-state index in [1.54, 1.807) is 14.2 Å². The summed E-state index contributed by atoms with van der Waals surface area (Å²) in [6.45, 7) is 5.93. The molecule has 2 aromatic carbocycles. The number of hydrogen-bond donors (Lipinski definition) is 0. The Hall–Kier alpha value is -2.53. The summed E-state index contributed by atoms with van der Waals surface area (Å²) < 4.78 is 10.8. The van der Waals surface area contributed by atoms with Crippen molar-refractivity contribution in [1.29, 1.82) is 0 Å². The smallest absolute Gasteiger partial charge is 0.254 e. The third-order valence-electron chi connectivity index (χ3n) is 4.92. The van der Waals surface area contributed by atoms with Gasteiger partial charge in [-0.05, 0) is 36.8 Å². The lowest BCUT2D eigenvalue weighted by atomic mass is 10.1. The minimum atomic E-state index is 0.127. The van der Waals surface area contributed by atoms with Crippen molar-refractivity contribution < 1.29 is 14.3 Å². The Morgan fingerprint density at radius 1 is 1.00 bits per heavy atom. The van der Waals surface area contributed by atoms with E-state index in [-0.39, 0.29) is 5.91 Å². The predicted molar refractivity (Wildman–Crippen MR) is 102 cm³/mol. The summed E-state index contributed by atoms with van der Waals surface area (Å²) in [7, 11) is 3.35. The first kappa shape index (κ1) is 18.3. The molecule has 1 aliphatic rings. The molecule has 0 aliphatic carbocycles. The summed E-state index contributed by atoms with van der Waals surface area (Å²) in [4.78, 5) is 17.0. The topological polar surface area (TPSA) is 42.0 Å². The lowest BCUT2D eigenvalue weighted by Crippen LogP contribution is -2.48. The van der Waals surface area contributed by atoms with E-state index < -0.39 is 0 Å². The second-order valence-corrected chi connectivity index (χ2v) is 6.56. The number of piperazine rings is 1. The fourth-order valence-corrected chi connectivity index (χ4v) is 3.34. The van der Waals surface area contributed by atoms with E-state index in [0.717, 1.165) is 60.9 Å². The Kier molecular flexibility index (Phi) is 5.78. The van der Waals surface area contributed by atoms with Crippen LogP contribution in [0.4, 0.5) is 0 Å².